The first-order valence-corrected chi connectivity index (χ1v) is 43.4. The Hall–Kier alpha value is -8.41. The summed E-state index contributed by atoms with van der Waals surface area (Å²) < 4.78 is 29.0. The maximum Gasteiger partial charge on any atom is 1.00 e. The zero-order valence-corrected chi connectivity index (χ0v) is 73.2. The summed E-state index contributed by atoms with van der Waals surface area (Å²) in [4.78, 5) is 64.9. The Kier molecular flexibility index (Phi) is 31.5. The van der Waals surface area contributed by atoms with Crippen molar-refractivity contribution in [1.29, 1.82) is 0 Å². The van der Waals surface area contributed by atoms with E-state index in [0.717, 1.165) is 143 Å². The van der Waals surface area contributed by atoms with E-state index in [1.165, 1.54) is 239 Å². The molecule has 24 heteroatoms. The number of aryl methyl sites for hydroxylation is 8. The molecule has 18 rings (SSSR count). The molecule has 0 aromatic carbocycles. The second-order valence-corrected chi connectivity index (χ2v) is 33.7. The van der Waals surface area contributed by atoms with E-state index in [0.29, 0.717) is 24.2 Å². The molecule has 0 unspecified atom stereocenters. The van der Waals surface area contributed by atoms with Crippen molar-refractivity contribution < 1.29 is 48.6 Å². The maximum absolute atomic E-state index is 11.5. The number of anilines is 1. The van der Waals surface area contributed by atoms with Gasteiger partial charge in [-0.15, -0.1) is 0 Å². The first-order chi connectivity index (χ1) is 55.5. The molecule has 115 heavy (non-hydrogen) atoms. The number of nitrogens with one attached hydrogen (secondary N) is 1. The van der Waals surface area contributed by atoms with Crippen LogP contribution in [0.2, 0.25) is 0 Å². The average Bonchev–Trinajstić information content (AvgIpc) is 1.66. The maximum atomic E-state index is 11.5. The number of nitrogens with zero attached hydrogens (tertiary/aromatic N) is 18. The number of hydrogen-bond acceptors (Lipinski definition) is 17. The van der Waals surface area contributed by atoms with Gasteiger partial charge in [-0.25, -0.2) is 56.8 Å². The van der Waals surface area contributed by atoms with E-state index >= 15 is 0 Å². The minimum absolute atomic E-state index is 0. The molecule has 1 N–H and O–H groups in total. The van der Waals surface area contributed by atoms with E-state index in [-0.39, 0.29) is 35.6 Å². The fourth-order valence-electron chi connectivity index (χ4n) is 18.4. The number of carbonyl (C=O) groups excluding carboxylic acids is 1. The number of rotatable bonds is 16. The number of ether oxygens (including phenoxy) is 3. The van der Waals surface area contributed by atoms with Gasteiger partial charge in [-0.05, 0) is 233 Å². The number of aromatic nitrogens is 18. The number of carbonyl (C=O) groups is 1. The van der Waals surface area contributed by atoms with Gasteiger partial charge in [0, 0.05) is 77.3 Å². The molecule has 0 saturated heterocycles. The first-order valence-electron chi connectivity index (χ1n) is 43.4. The molecule has 6 fully saturated rings. The van der Waals surface area contributed by atoms with Crippen LogP contribution in [0.1, 0.15) is 245 Å². The van der Waals surface area contributed by atoms with Gasteiger partial charge in [0.15, 0.2) is 28.2 Å². The van der Waals surface area contributed by atoms with Gasteiger partial charge in [0.1, 0.15) is 17.5 Å². The Balaban J connectivity index is 0.000000127. The Bertz CT molecular complexity index is 4830. The first kappa shape index (κ1) is 85.9. The van der Waals surface area contributed by atoms with Gasteiger partial charge in [-0.1, -0.05) is 127 Å². The minimum Gasteiger partial charge on any atom is -0.466 e. The van der Waals surface area contributed by atoms with Crippen LogP contribution in [0.3, 0.4) is 0 Å². The molecule has 0 aliphatic heterocycles. The van der Waals surface area contributed by atoms with E-state index in [4.69, 9.17) is 9.47 Å². The summed E-state index contributed by atoms with van der Waals surface area (Å²) in [6, 6.07) is 16.8. The predicted molar refractivity (Wildman–Crippen MR) is 455 cm³/mol. The van der Waals surface area contributed by atoms with E-state index in [1.807, 2.05) is 62.4 Å². The molecule has 0 atom stereocenters. The van der Waals surface area contributed by atoms with Crippen molar-refractivity contribution in [2.75, 3.05) is 26.1 Å². The van der Waals surface area contributed by atoms with E-state index in [1.54, 1.807) is 12.4 Å². The molecule has 12 aromatic rings. The summed E-state index contributed by atoms with van der Waals surface area (Å²) >= 11 is 0. The summed E-state index contributed by atoms with van der Waals surface area (Å²) in [5.74, 6) is 8.87. The van der Waals surface area contributed by atoms with Gasteiger partial charge < -0.3 is 42.4 Å². The molecule has 12 aromatic heterocycles. The van der Waals surface area contributed by atoms with Crippen LogP contribution in [0.25, 0.3) is 67.0 Å². The summed E-state index contributed by atoms with van der Waals surface area (Å²) in [5, 5.41) is 3.21. The third-order valence-electron chi connectivity index (χ3n) is 24.5. The molecule has 6 aliphatic carbocycles. The average molecular weight is 1570 g/mol. The third kappa shape index (κ3) is 22.9. The van der Waals surface area contributed by atoms with Crippen LogP contribution in [0.15, 0.2) is 73.6 Å². The predicted octanol–water partition coefficient (Wildman–Crippen LogP) is 17.9. The van der Waals surface area contributed by atoms with E-state index in [9.17, 15) is 4.79 Å². The number of hydrogen-bond donors (Lipinski definition) is 1. The monoisotopic (exact) mass is 1570 g/mol. The number of pyridine rings is 6. The molecule has 610 valence electrons. The molecular formula is C91H126N19NaO4. The second-order valence-electron chi connectivity index (χ2n) is 33.7. The minimum atomic E-state index is -0.753. The van der Waals surface area contributed by atoms with Crippen molar-refractivity contribution in [3.8, 4) is 12.0 Å². The van der Waals surface area contributed by atoms with Crippen LogP contribution in [0.5, 0.6) is 12.0 Å². The van der Waals surface area contributed by atoms with Crippen molar-refractivity contribution in [3.63, 3.8) is 0 Å². The molecule has 0 radical (unpaired) electrons. The third-order valence-corrected chi connectivity index (χ3v) is 24.5. The van der Waals surface area contributed by atoms with Gasteiger partial charge in [-0.2, -0.15) is 15.0 Å². The van der Waals surface area contributed by atoms with Crippen LogP contribution in [0.4, 0.5) is 10.7 Å². The Labute approximate surface area is 702 Å². The van der Waals surface area contributed by atoms with Gasteiger partial charge in [0.05, 0.1) is 46.9 Å². The van der Waals surface area contributed by atoms with Crippen molar-refractivity contribution in [2.24, 2.45) is 35.5 Å². The van der Waals surface area contributed by atoms with Crippen molar-refractivity contribution >= 4 is 79.1 Å². The summed E-state index contributed by atoms with van der Waals surface area (Å²) in [6.07, 6.45) is 51.0. The van der Waals surface area contributed by atoms with Gasteiger partial charge in [-0.3, -0.25) is 9.55 Å². The normalized spacial score (nSPS) is 16.8. The van der Waals surface area contributed by atoms with Gasteiger partial charge in [0.25, 0.3) is 6.01 Å². The zero-order chi connectivity index (χ0) is 79.5. The molecule has 6 aliphatic rings. The number of imidazole rings is 6. The molecule has 23 nitrogen and oxygen atoms in total. The molecule has 0 bridgehead atoms. The SMILES string of the molecule is CCOc1nc2nc[c-]cc2n1CC1CCCCC1.CNc1nc2ncc(C)cc2n1CC1CCCCC1.COC(=O)Oc1nc2ncc(C)cc2n1CC1CCCCC1.Cc1cnc2nc(C)n(CC3CCCCC3)c2c1.Cc1cnc2nc(C)n(CC3CCCCC3)c2c1.Cc1cnc2nc(C)n(CC3CCCCC3)c2c1.[Na+]. The van der Waals surface area contributed by atoms with Crippen LogP contribution in [0, 0.1) is 97.0 Å². The quantitative estimate of drug-likeness (QED) is 0.0537. The molecule has 0 amide bonds. The van der Waals surface area contributed by atoms with Crippen molar-refractivity contribution in [3.05, 3.63) is 125 Å². The fraction of sp³-hybridized carbons (Fsp3) is 0.593. The summed E-state index contributed by atoms with van der Waals surface area (Å²) in [7, 11) is 3.23. The van der Waals surface area contributed by atoms with Gasteiger partial charge >= 0.3 is 41.7 Å². The smallest absolute Gasteiger partial charge is 0.466 e. The van der Waals surface area contributed by atoms with Crippen LogP contribution >= 0.6 is 0 Å². The van der Waals surface area contributed by atoms with Crippen molar-refractivity contribution in [1.82, 2.24) is 87.2 Å². The van der Waals surface area contributed by atoms with Crippen LogP contribution < -0.4 is 44.3 Å². The second kappa shape index (κ2) is 42.1. The van der Waals surface area contributed by atoms with Crippen LogP contribution in [-0.2, 0) is 44.0 Å². The largest absolute Gasteiger partial charge is 1.00 e. The Morgan fingerprint density at radius 1 is 0.374 bits per heavy atom. The molecule has 12 heterocycles. The van der Waals surface area contributed by atoms with Crippen molar-refractivity contribution in [2.45, 2.75) is 294 Å². The zero-order valence-electron chi connectivity index (χ0n) is 71.2. The summed E-state index contributed by atoms with van der Waals surface area (Å²) in [5.41, 5.74) is 17.5. The fourth-order valence-corrected chi connectivity index (χ4v) is 18.4. The number of methoxy groups -OCH3 is 1. The standard InChI is InChI=1S/C16H21N3O3.C15H22N4.C15H20N3O.3C15H21N3.Na/c1-11-8-13-14(17-9-11)18-15(22-16(20)21-2)19(13)10-12-6-4-3-5-7-12;1-11-8-13-14(17-9-11)18-15(16-2)19(13)10-12-6-4-3-5-7-12;1-2-19-15-17-14-13(9-6-10-16-14)18(15)11-12-7-4-3-5-8-12;3*1-11-8-14-15(16-9-11)17-12(2)18(14)10-13-6-4-3-5-7-13;/h8-9,12H,3-7,10H2,1-2H3;8-9,12H,3-7,10H2,1-2H3,(H,16,17,18);9-10,12H,2-5,7-8,11H2,1H3;3*8-9,13H,3-7,10H2,1-2H3;/q;;-1;;;;+1. The van der Waals surface area contributed by atoms with Crippen LogP contribution in [-0.4, -0.2) is 114 Å². The number of fused-ring (bicyclic) bond motifs is 6. The van der Waals surface area contributed by atoms with E-state index in [2.05, 4.69) is 171 Å². The Morgan fingerprint density at radius 3 is 0.983 bits per heavy atom. The topological polar surface area (TPSA) is 241 Å². The van der Waals surface area contributed by atoms with Gasteiger partial charge in [0.2, 0.25) is 5.95 Å². The van der Waals surface area contributed by atoms with E-state index < -0.39 is 6.16 Å². The molecule has 0 spiro atoms. The Morgan fingerprint density at radius 2 is 0.652 bits per heavy atom. The molecular weight excluding hydrogens is 1450 g/mol. The summed E-state index contributed by atoms with van der Waals surface area (Å²) in [6.45, 7) is 25.5. The molecule has 6 saturated carbocycles.